The van der Waals surface area contributed by atoms with Crippen LogP contribution in [0.4, 0.5) is 0 Å². The maximum atomic E-state index is 12.3. The molecule has 3 aromatic heterocycles. The zero-order valence-corrected chi connectivity index (χ0v) is 16.1. The van der Waals surface area contributed by atoms with Gasteiger partial charge in [0, 0.05) is 22.4 Å². The summed E-state index contributed by atoms with van der Waals surface area (Å²) in [6.07, 6.45) is 0.776. The van der Waals surface area contributed by atoms with E-state index in [0.717, 1.165) is 28.5 Å². The quantitative estimate of drug-likeness (QED) is 0.553. The van der Waals surface area contributed by atoms with Gasteiger partial charge in [0.2, 0.25) is 5.82 Å². The molecule has 0 saturated carbocycles. The minimum atomic E-state index is -0.382. The summed E-state index contributed by atoms with van der Waals surface area (Å²) in [5, 5.41) is 9.80. The number of nitrogens with one attached hydrogen (secondary N) is 1. The third-order valence-electron chi connectivity index (χ3n) is 4.59. The normalized spacial score (nSPS) is 11.2. The van der Waals surface area contributed by atoms with E-state index in [1.54, 1.807) is 11.3 Å². The average molecular weight is 381 g/mol. The predicted octanol–water partition coefficient (Wildman–Crippen LogP) is 4.44. The van der Waals surface area contributed by atoms with Crippen molar-refractivity contribution in [2.24, 2.45) is 0 Å². The molecule has 0 bridgehead atoms. The predicted molar refractivity (Wildman–Crippen MR) is 104 cm³/mol. The third kappa shape index (κ3) is 3.26. The number of carbonyl (C=O) groups excluding carboxylic acids is 1. The number of aryl methyl sites for hydroxylation is 3. The van der Waals surface area contributed by atoms with Crippen LogP contribution >= 0.6 is 11.3 Å². The molecule has 0 aliphatic heterocycles. The molecule has 0 unspecified atom stereocenters. The van der Waals surface area contributed by atoms with E-state index >= 15 is 0 Å². The van der Waals surface area contributed by atoms with Crippen molar-refractivity contribution >= 4 is 28.2 Å². The number of furan rings is 1. The first-order valence-electron chi connectivity index (χ1n) is 8.68. The molecule has 0 aliphatic rings. The van der Waals surface area contributed by atoms with Gasteiger partial charge in [0.05, 0.1) is 0 Å². The van der Waals surface area contributed by atoms with Crippen LogP contribution in [0.1, 0.15) is 32.3 Å². The monoisotopic (exact) mass is 381 g/mol. The van der Waals surface area contributed by atoms with E-state index in [9.17, 15) is 4.79 Å². The van der Waals surface area contributed by atoms with Crippen LogP contribution in [0.25, 0.3) is 22.6 Å². The van der Waals surface area contributed by atoms with Crippen LogP contribution in [0.3, 0.4) is 0 Å². The summed E-state index contributed by atoms with van der Waals surface area (Å²) in [4.78, 5) is 17.8. The highest BCUT2D eigenvalue weighted by atomic mass is 32.1. The van der Waals surface area contributed by atoms with Crippen LogP contribution in [-0.4, -0.2) is 22.6 Å². The van der Waals surface area contributed by atoms with Crippen molar-refractivity contribution in [2.75, 3.05) is 6.54 Å². The second-order valence-electron chi connectivity index (χ2n) is 6.46. The first kappa shape index (κ1) is 17.5. The molecule has 1 N–H and O–H groups in total. The van der Waals surface area contributed by atoms with Crippen LogP contribution in [0.15, 0.2) is 38.6 Å². The smallest absolute Gasteiger partial charge is 0.316 e. The molecular formula is C20H19N3O3S. The lowest BCUT2D eigenvalue weighted by atomic mass is 10.1. The van der Waals surface area contributed by atoms with Crippen LogP contribution in [0, 0.1) is 20.8 Å². The van der Waals surface area contributed by atoms with Gasteiger partial charge in [-0.3, -0.25) is 4.79 Å². The van der Waals surface area contributed by atoms with Gasteiger partial charge in [-0.15, -0.1) is 11.3 Å². The number of thiophene rings is 1. The lowest BCUT2D eigenvalue weighted by molar-refractivity contribution is 0.0910. The Morgan fingerprint density at radius 2 is 2.04 bits per heavy atom. The van der Waals surface area contributed by atoms with Gasteiger partial charge in [0.25, 0.3) is 0 Å². The minimum absolute atomic E-state index is 0.0653. The maximum Gasteiger partial charge on any atom is 0.316 e. The topological polar surface area (TPSA) is 81.2 Å². The summed E-state index contributed by atoms with van der Waals surface area (Å²) < 4.78 is 11.1. The molecule has 138 valence electrons. The molecule has 1 amide bonds. The van der Waals surface area contributed by atoms with Gasteiger partial charge in [-0.25, -0.2) is 0 Å². The molecule has 0 saturated heterocycles. The van der Waals surface area contributed by atoms with Crippen molar-refractivity contribution in [3.05, 3.63) is 57.1 Å². The fourth-order valence-electron chi connectivity index (χ4n) is 3.03. The van der Waals surface area contributed by atoms with E-state index in [1.165, 1.54) is 10.4 Å². The molecule has 27 heavy (non-hydrogen) atoms. The van der Waals surface area contributed by atoms with Crippen molar-refractivity contribution in [1.29, 1.82) is 0 Å². The Kier molecular flexibility index (Phi) is 4.53. The molecule has 6 nitrogen and oxygen atoms in total. The number of amides is 1. The number of benzene rings is 1. The molecule has 7 heteroatoms. The molecule has 4 rings (SSSR count). The maximum absolute atomic E-state index is 12.3. The fraction of sp³-hybridized carbons (Fsp3) is 0.250. The van der Waals surface area contributed by atoms with Gasteiger partial charge in [0.15, 0.2) is 5.76 Å². The lowest BCUT2D eigenvalue weighted by Crippen LogP contribution is -2.25. The lowest BCUT2D eigenvalue weighted by Gasteiger charge is -2.01. The number of carbonyl (C=O) groups is 1. The number of fused-ring (bicyclic) bond motifs is 1. The van der Waals surface area contributed by atoms with Crippen LogP contribution in [-0.2, 0) is 6.42 Å². The SMILES string of the molecule is Cc1ccsc1CCNC(=O)c1nc(-c2oc3c(C)cccc3c2C)no1. The number of hydrogen-bond acceptors (Lipinski definition) is 6. The van der Waals surface area contributed by atoms with Gasteiger partial charge in [-0.05, 0) is 49.8 Å². The Bertz CT molecular complexity index is 1120. The van der Waals surface area contributed by atoms with Crippen LogP contribution < -0.4 is 5.32 Å². The molecule has 0 fully saturated rings. The second-order valence-corrected chi connectivity index (χ2v) is 7.46. The highest BCUT2D eigenvalue weighted by Gasteiger charge is 2.21. The molecule has 4 aromatic rings. The van der Waals surface area contributed by atoms with E-state index in [2.05, 4.69) is 28.4 Å². The van der Waals surface area contributed by atoms with Gasteiger partial charge >= 0.3 is 11.8 Å². The second kappa shape index (κ2) is 7.00. The van der Waals surface area contributed by atoms with Crippen molar-refractivity contribution in [1.82, 2.24) is 15.5 Å². The summed E-state index contributed by atoms with van der Waals surface area (Å²) in [5.74, 6) is 0.357. The number of nitrogens with zero attached hydrogens (tertiary/aromatic N) is 2. The van der Waals surface area contributed by atoms with E-state index in [-0.39, 0.29) is 17.6 Å². The van der Waals surface area contributed by atoms with Crippen LogP contribution in [0.2, 0.25) is 0 Å². The standard InChI is InChI=1S/C20H19N3O3S/c1-11-8-10-27-15(11)7-9-21-19(24)20-22-18(23-26-20)17-13(3)14-6-4-5-12(2)16(14)25-17/h4-6,8,10H,7,9H2,1-3H3,(H,21,24). The van der Waals surface area contributed by atoms with Crippen molar-refractivity contribution in [2.45, 2.75) is 27.2 Å². The summed E-state index contributed by atoms with van der Waals surface area (Å²) in [6, 6.07) is 8.03. The van der Waals surface area contributed by atoms with Gasteiger partial charge in [0.1, 0.15) is 5.58 Å². The molecular weight excluding hydrogens is 362 g/mol. The minimum Gasteiger partial charge on any atom is -0.452 e. The highest BCUT2D eigenvalue weighted by molar-refractivity contribution is 7.10. The molecule has 1 aromatic carbocycles. The fourth-order valence-corrected chi connectivity index (χ4v) is 3.94. The van der Waals surface area contributed by atoms with Gasteiger partial charge in [-0.1, -0.05) is 23.4 Å². The van der Waals surface area contributed by atoms with Crippen molar-refractivity contribution < 1.29 is 13.7 Å². The molecule has 3 heterocycles. The number of para-hydroxylation sites is 1. The summed E-state index contributed by atoms with van der Waals surface area (Å²) >= 11 is 1.69. The van der Waals surface area contributed by atoms with Gasteiger partial charge in [-0.2, -0.15) is 4.98 Å². The largest absolute Gasteiger partial charge is 0.452 e. The Morgan fingerprint density at radius 3 is 2.78 bits per heavy atom. The Labute approximate surface area is 160 Å². The summed E-state index contributed by atoms with van der Waals surface area (Å²) in [7, 11) is 0. The summed E-state index contributed by atoms with van der Waals surface area (Å²) in [5.41, 5.74) is 4.00. The molecule has 0 aliphatic carbocycles. The van der Waals surface area contributed by atoms with Crippen molar-refractivity contribution in [3.63, 3.8) is 0 Å². The zero-order valence-electron chi connectivity index (χ0n) is 15.3. The number of rotatable bonds is 5. The van der Waals surface area contributed by atoms with Crippen LogP contribution in [0.5, 0.6) is 0 Å². The zero-order chi connectivity index (χ0) is 19.0. The summed E-state index contributed by atoms with van der Waals surface area (Å²) in [6.45, 7) is 6.51. The van der Waals surface area contributed by atoms with Gasteiger partial charge < -0.3 is 14.3 Å². The van der Waals surface area contributed by atoms with Crippen molar-refractivity contribution in [3.8, 4) is 11.6 Å². The molecule has 0 atom stereocenters. The Hall–Kier alpha value is -2.93. The first-order chi connectivity index (χ1) is 13.0. The van der Waals surface area contributed by atoms with E-state index < -0.39 is 0 Å². The van der Waals surface area contributed by atoms with E-state index in [4.69, 9.17) is 8.94 Å². The third-order valence-corrected chi connectivity index (χ3v) is 5.67. The molecule has 0 spiro atoms. The van der Waals surface area contributed by atoms with E-state index in [0.29, 0.717) is 12.3 Å². The first-order valence-corrected chi connectivity index (χ1v) is 9.56. The number of aromatic nitrogens is 2. The number of hydrogen-bond donors (Lipinski definition) is 1. The average Bonchev–Trinajstić information content (AvgIpc) is 3.36. The Balaban J connectivity index is 1.50. The Morgan fingerprint density at radius 1 is 1.19 bits per heavy atom. The highest BCUT2D eigenvalue weighted by Crippen LogP contribution is 2.33. The van der Waals surface area contributed by atoms with E-state index in [1.807, 2.05) is 37.4 Å². The molecule has 0 radical (unpaired) electrons.